The van der Waals surface area contributed by atoms with Crippen LogP contribution in [0, 0.1) is 5.92 Å². The molecule has 2 atom stereocenters. The zero-order valence-corrected chi connectivity index (χ0v) is 13.4. The van der Waals surface area contributed by atoms with E-state index in [1.54, 1.807) is 6.07 Å². The fourth-order valence-electron chi connectivity index (χ4n) is 3.50. The Morgan fingerprint density at radius 1 is 1.33 bits per heavy atom. The first-order valence-electron chi connectivity index (χ1n) is 7.97. The number of hydrogen-bond donors (Lipinski definition) is 2. The van der Waals surface area contributed by atoms with Gasteiger partial charge in [0.25, 0.3) is 0 Å². The largest absolute Gasteiger partial charge is 0.384 e. The number of nitrogens with one attached hydrogen (secondary N) is 2. The van der Waals surface area contributed by atoms with Gasteiger partial charge in [0, 0.05) is 18.3 Å². The van der Waals surface area contributed by atoms with E-state index in [1.807, 2.05) is 12.1 Å². The van der Waals surface area contributed by atoms with Gasteiger partial charge < -0.3 is 5.32 Å². The summed E-state index contributed by atoms with van der Waals surface area (Å²) in [6.07, 6.45) is 6.34. The van der Waals surface area contributed by atoms with Crippen molar-refractivity contribution >= 4 is 15.7 Å². The summed E-state index contributed by atoms with van der Waals surface area (Å²) >= 11 is 0. The second-order valence-corrected chi connectivity index (χ2v) is 7.97. The number of fused-ring (bicyclic) bond motifs is 1. The van der Waals surface area contributed by atoms with Crippen molar-refractivity contribution in [3.8, 4) is 0 Å². The van der Waals surface area contributed by atoms with E-state index in [-0.39, 0.29) is 6.04 Å². The van der Waals surface area contributed by atoms with Gasteiger partial charge in [0.05, 0.1) is 4.90 Å². The summed E-state index contributed by atoms with van der Waals surface area (Å²) in [5.41, 5.74) is 2.17. The van der Waals surface area contributed by atoms with Crippen LogP contribution in [0.4, 0.5) is 5.69 Å². The molecule has 21 heavy (non-hydrogen) atoms. The van der Waals surface area contributed by atoms with Gasteiger partial charge in [0.15, 0.2) is 0 Å². The quantitative estimate of drug-likeness (QED) is 0.899. The smallest absolute Gasteiger partial charge is 0.240 e. The van der Waals surface area contributed by atoms with Crippen LogP contribution in [-0.2, 0) is 16.4 Å². The normalized spacial score (nSPS) is 25.4. The number of sulfonamides is 1. The van der Waals surface area contributed by atoms with Gasteiger partial charge in [-0.05, 0) is 48.9 Å². The average Bonchev–Trinajstić information content (AvgIpc) is 2.94. The fraction of sp³-hybridized carbons (Fsp3) is 0.625. The summed E-state index contributed by atoms with van der Waals surface area (Å²) in [4.78, 5) is 0.406. The van der Waals surface area contributed by atoms with E-state index in [4.69, 9.17) is 0 Å². The number of benzene rings is 1. The first-order valence-corrected chi connectivity index (χ1v) is 9.46. The van der Waals surface area contributed by atoms with E-state index >= 15 is 0 Å². The van der Waals surface area contributed by atoms with Gasteiger partial charge >= 0.3 is 0 Å². The second-order valence-electron chi connectivity index (χ2n) is 6.25. The minimum absolute atomic E-state index is 0.0973. The molecule has 0 spiro atoms. The van der Waals surface area contributed by atoms with Gasteiger partial charge in [0.2, 0.25) is 10.0 Å². The van der Waals surface area contributed by atoms with E-state index in [9.17, 15) is 8.42 Å². The maximum atomic E-state index is 12.6. The molecule has 1 fully saturated rings. The number of hydrogen-bond acceptors (Lipinski definition) is 3. The summed E-state index contributed by atoms with van der Waals surface area (Å²) in [6.45, 7) is 3.09. The molecule has 0 bridgehead atoms. The maximum Gasteiger partial charge on any atom is 0.240 e. The molecule has 0 amide bonds. The third-order valence-electron chi connectivity index (χ3n) is 4.78. The maximum absolute atomic E-state index is 12.6. The monoisotopic (exact) mass is 308 g/mol. The Morgan fingerprint density at radius 2 is 2.19 bits per heavy atom. The molecule has 2 unspecified atom stereocenters. The van der Waals surface area contributed by atoms with Gasteiger partial charge in [-0.15, -0.1) is 0 Å². The standard InChI is InChI=1S/C16H24N2O2S/c1-2-12-4-3-5-14(10-12)18-21(19,20)15-6-7-16-13(11-15)8-9-17-16/h6-7,11-12,14,17-18H,2-5,8-10H2,1H3. The number of anilines is 1. The van der Waals surface area contributed by atoms with Crippen LogP contribution in [-0.4, -0.2) is 21.0 Å². The van der Waals surface area contributed by atoms with E-state index < -0.39 is 10.0 Å². The van der Waals surface area contributed by atoms with Crippen LogP contribution >= 0.6 is 0 Å². The molecule has 1 aliphatic heterocycles. The van der Waals surface area contributed by atoms with Crippen molar-refractivity contribution in [2.75, 3.05) is 11.9 Å². The topological polar surface area (TPSA) is 58.2 Å². The first-order chi connectivity index (χ1) is 10.1. The minimum atomic E-state index is -3.39. The van der Waals surface area contributed by atoms with Gasteiger partial charge in [0.1, 0.15) is 0 Å². The van der Waals surface area contributed by atoms with Crippen molar-refractivity contribution in [3.05, 3.63) is 23.8 Å². The zero-order chi connectivity index (χ0) is 14.9. The lowest BCUT2D eigenvalue weighted by atomic mass is 9.85. The van der Waals surface area contributed by atoms with Crippen LogP contribution in [0.2, 0.25) is 0 Å². The molecule has 0 radical (unpaired) electrons. The molecule has 0 aromatic heterocycles. The molecule has 4 nitrogen and oxygen atoms in total. The highest BCUT2D eigenvalue weighted by Gasteiger charge is 2.26. The van der Waals surface area contributed by atoms with E-state index in [1.165, 1.54) is 6.42 Å². The van der Waals surface area contributed by atoms with Crippen molar-refractivity contribution in [1.82, 2.24) is 4.72 Å². The van der Waals surface area contributed by atoms with Gasteiger partial charge in [-0.2, -0.15) is 0 Å². The molecule has 5 heteroatoms. The van der Waals surface area contributed by atoms with Crippen LogP contribution < -0.4 is 10.0 Å². The van der Waals surface area contributed by atoms with Crippen molar-refractivity contribution in [2.45, 2.75) is 56.4 Å². The van der Waals surface area contributed by atoms with Crippen molar-refractivity contribution in [3.63, 3.8) is 0 Å². The molecule has 0 saturated heterocycles. The molecule has 3 rings (SSSR count). The highest BCUT2D eigenvalue weighted by Crippen LogP contribution is 2.29. The van der Waals surface area contributed by atoms with E-state index in [0.29, 0.717) is 10.8 Å². The highest BCUT2D eigenvalue weighted by molar-refractivity contribution is 7.89. The Morgan fingerprint density at radius 3 is 3.00 bits per heavy atom. The molecular weight excluding hydrogens is 284 g/mol. The van der Waals surface area contributed by atoms with Crippen molar-refractivity contribution < 1.29 is 8.42 Å². The summed E-state index contributed by atoms with van der Waals surface area (Å²) in [6, 6.07) is 5.50. The molecule has 2 aliphatic rings. The molecule has 1 aliphatic carbocycles. The predicted octanol–water partition coefficient (Wildman–Crippen LogP) is 2.90. The Bertz CT molecular complexity index is 613. The molecule has 1 aromatic carbocycles. The summed E-state index contributed by atoms with van der Waals surface area (Å²) in [7, 11) is -3.39. The minimum Gasteiger partial charge on any atom is -0.384 e. The van der Waals surface area contributed by atoms with E-state index in [0.717, 1.165) is 49.9 Å². The van der Waals surface area contributed by atoms with Crippen molar-refractivity contribution in [1.29, 1.82) is 0 Å². The highest BCUT2D eigenvalue weighted by atomic mass is 32.2. The molecule has 1 saturated carbocycles. The van der Waals surface area contributed by atoms with Crippen LogP contribution in [0.15, 0.2) is 23.1 Å². The van der Waals surface area contributed by atoms with Crippen molar-refractivity contribution in [2.24, 2.45) is 5.92 Å². The van der Waals surface area contributed by atoms with Crippen LogP contribution in [0.3, 0.4) is 0 Å². The van der Waals surface area contributed by atoms with Gasteiger partial charge in [-0.3, -0.25) is 0 Å². The summed E-state index contributed by atoms with van der Waals surface area (Å²) in [5, 5.41) is 3.26. The SMILES string of the molecule is CCC1CCCC(NS(=O)(=O)c2ccc3c(c2)CCN3)C1. The first kappa shape index (κ1) is 14.9. The molecule has 1 heterocycles. The summed E-state index contributed by atoms with van der Waals surface area (Å²) in [5.74, 6) is 0.663. The van der Waals surface area contributed by atoms with Gasteiger partial charge in [-0.1, -0.05) is 26.2 Å². The molecule has 116 valence electrons. The Labute approximate surface area is 127 Å². The Kier molecular flexibility index (Phi) is 4.22. The Balaban J connectivity index is 1.74. The lowest BCUT2D eigenvalue weighted by molar-refractivity contribution is 0.301. The second kappa shape index (κ2) is 5.97. The molecule has 2 N–H and O–H groups in total. The third-order valence-corrected chi connectivity index (χ3v) is 6.30. The summed E-state index contributed by atoms with van der Waals surface area (Å²) < 4.78 is 28.0. The Hall–Kier alpha value is -1.07. The number of rotatable bonds is 4. The lowest BCUT2D eigenvalue weighted by Gasteiger charge is -2.28. The zero-order valence-electron chi connectivity index (χ0n) is 12.6. The van der Waals surface area contributed by atoms with Crippen LogP contribution in [0.25, 0.3) is 0 Å². The van der Waals surface area contributed by atoms with Crippen LogP contribution in [0.1, 0.15) is 44.6 Å². The lowest BCUT2D eigenvalue weighted by Crippen LogP contribution is -2.38. The predicted molar refractivity (Wildman–Crippen MR) is 85.0 cm³/mol. The average molecular weight is 308 g/mol. The molecule has 1 aromatic rings. The van der Waals surface area contributed by atoms with E-state index in [2.05, 4.69) is 17.0 Å². The van der Waals surface area contributed by atoms with Crippen LogP contribution in [0.5, 0.6) is 0 Å². The third kappa shape index (κ3) is 3.24. The molecular formula is C16H24N2O2S. The fourth-order valence-corrected chi connectivity index (χ4v) is 4.84. The van der Waals surface area contributed by atoms with Gasteiger partial charge in [-0.25, -0.2) is 13.1 Å².